The summed E-state index contributed by atoms with van der Waals surface area (Å²) in [5.41, 5.74) is 6.36. The molecule has 0 aliphatic heterocycles. The maximum absolute atomic E-state index is 9.54. The summed E-state index contributed by atoms with van der Waals surface area (Å²) in [5, 5.41) is 16.7. The van der Waals surface area contributed by atoms with E-state index in [1.807, 2.05) is 0 Å². The average Bonchev–Trinajstić information content (AvgIpc) is 1.63. The zero-order valence-electron chi connectivity index (χ0n) is 4.44. The number of hydrogen-bond acceptors (Lipinski definition) is 4. The van der Waals surface area contributed by atoms with Gasteiger partial charge in [0.15, 0.2) is 5.03 Å². The van der Waals surface area contributed by atoms with Crippen molar-refractivity contribution in [1.29, 1.82) is 0 Å². The maximum atomic E-state index is 9.54. The number of rotatable bonds is 2. The predicted molar refractivity (Wildman–Crippen MR) is 28.8 cm³/mol. The SMILES string of the molecule is N/C(=N\CO)N[N+](=O)[O-]. The van der Waals surface area contributed by atoms with E-state index in [4.69, 9.17) is 10.8 Å². The van der Waals surface area contributed by atoms with Crippen molar-refractivity contribution in [2.24, 2.45) is 10.7 Å². The topological polar surface area (TPSA) is 114 Å². The third-order valence-electron chi connectivity index (χ3n) is 0.447. The standard InChI is InChI=1S/C2H6N4O3/c3-2(4-1-7)5-6(8)9/h7H,1H2,(H3,3,4,5). The lowest BCUT2D eigenvalue weighted by Gasteiger charge is -1.91. The number of aliphatic imine (C=N–C) groups is 1. The predicted octanol–water partition coefficient (Wildman–Crippen LogP) is -1.97. The van der Waals surface area contributed by atoms with Gasteiger partial charge in [-0.15, -0.1) is 0 Å². The number of nitrogens with zero attached hydrogens (tertiary/aromatic N) is 2. The van der Waals surface area contributed by atoms with Crippen molar-refractivity contribution in [3.05, 3.63) is 10.1 Å². The van der Waals surface area contributed by atoms with E-state index in [1.165, 1.54) is 5.43 Å². The Morgan fingerprint density at radius 2 is 2.56 bits per heavy atom. The first-order chi connectivity index (χ1) is 4.16. The van der Waals surface area contributed by atoms with E-state index in [1.54, 1.807) is 0 Å². The Hall–Kier alpha value is -1.37. The molecule has 0 saturated heterocycles. The van der Waals surface area contributed by atoms with Gasteiger partial charge in [-0.25, -0.2) is 15.1 Å². The molecule has 0 aromatic rings. The van der Waals surface area contributed by atoms with Crippen LogP contribution in [0.25, 0.3) is 0 Å². The summed E-state index contributed by atoms with van der Waals surface area (Å²) in [6, 6.07) is 0. The van der Waals surface area contributed by atoms with Gasteiger partial charge in [-0.05, 0) is 0 Å². The summed E-state index contributed by atoms with van der Waals surface area (Å²) in [6.45, 7) is -0.563. The van der Waals surface area contributed by atoms with Crippen molar-refractivity contribution in [2.75, 3.05) is 6.73 Å². The fourth-order valence-electron chi connectivity index (χ4n) is 0.205. The lowest BCUT2D eigenvalue weighted by Crippen LogP contribution is -2.36. The zero-order valence-corrected chi connectivity index (χ0v) is 4.44. The van der Waals surface area contributed by atoms with Crippen LogP contribution in [0.1, 0.15) is 0 Å². The molecular weight excluding hydrogens is 128 g/mol. The average molecular weight is 134 g/mol. The van der Waals surface area contributed by atoms with E-state index in [-0.39, 0.29) is 0 Å². The minimum absolute atomic E-state index is 0.414. The van der Waals surface area contributed by atoms with Crippen molar-refractivity contribution in [3.63, 3.8) is 0 Å². The van der Waals surface area contributed by atoms with Gasteiger partial charge in [-0.2, -0.15) is 0 Å². The Morgan fingerprint density at radius 3 is 2.89 bits per heavy atom. The number of aliphatic hydroxyl groups is 1. The number of hydrazine groups is 1. The molecule has 0 heterocycles. The molecule has 0 fully saturated rings. The van der Waals surface area contributed by atoms with Crippen molar-refractivity contribution in [1.82, 2.24) is 5.43 Å². The lowest BCUT2D eigenvalue weighted by atomic mass is 11.0. The highest BCUT2D eigenvalue weighted by Crippen LogP contribution is 1.62. The maximum Gasteiger partial charge on any atom is 0.253 e. The van der Waals surface area contributed by atoms with Gasteiger partial charge in [0.1, 0.15) is 6.73 Å². The van der Waals surface area contributed by atoms with E-state index in [0.717, 1.165) is 0 Å². The molecule has 0 aromatic heterocycles. The minimum atomic E-state index is -0.867. The fourth-order valence-corrected chi connectivity index (χ4v) is 0.205. The highest BCUT2D eigenvalue weighted by atomic mass is 16.7. The van der Waals surface area contributed by atoms with Crippen LogP contribution in [0.4, 0.5) is 0 Å². The van der Waals surface area contributed by atoms with Crippen LogP contribution in [0.15, 0.2) is 4.99 Å². The van der Waals surface area contributed by atoms with E-state index in [2.05, 4.69) is 4.99 Å². The van der Waals surface area contributed by atoms with Crippen LogP contribution in [0, 0.1) is 10.1 Å². The third-order valence-corrected chi connectivity index (χ3v) is 0.447. The number of aliphatic hydroxyl groups excluding tert-OH is 1. The van der Waals surface area contributed by atoms with Gasteiger partial charge in [0, 0.05) is 0 Å². The monoisotopic (exact) mass is 134 g/mol. The van der Waals surface area contributed by atoms with Crippen molar-refractivity contribution < 1.29 is 10.1 Å². The van der Waals surface area contributed by atoms with E-state index < -0.39 is 17.7 Å². The molecule has 0 aliphatic rings. The second-order valence-electron chi connectivity index (χ2n) is 1.05. The summed E-state index contributed by atoms with van der Waals surface area (Å²) >= 11 is 0. The summed E-state index contributed by atoms with van der Waals surface area (Å²) in [7, 11) is 0. The Labute approximate surface area is 50.3 Å². The quantitative estimate of drug-likeness (QED) is 0.175. The molecule has 0 bridgehead atoms. The lowest BCUT2D eigenvalue weighted by molar-refractivity contribution is -0.525. The molecule has 0 amide bonds. The van der Waals surface area contributed by atoms with Crippen molar-refractivity contribution in [2.45, 2.75) is 0 Å². The smallest absolute Gasteiger partial charge is 0.253 e. The van der Waals surface area contributed by atoms with Crippen molar-refractivity contribution >= 4 is 5.96 Å². The van der Waals surface area contributed by atoms with Gasteiger partial charge in [-0.3, -0.25) is 0 Å². The van der Waals surface area contributed by atoms with Crippen LogP contribution < -0.4 is 11.2 Å². The first-order valence-electron chi connectivity index (χ1n) is 1.98. The van der Waals surface area contributed by atoms with Gasteiger partial charge in [0.05, 0.1) is 0 Å². The van der Waals surface area contributed by atoms with Gasteiger partial charge in [0.2, 0.25) is 0 Å². The van der Waals surface area contributed by atoms with E-state index in [9.17, 15) is 10.1 Å². The van der Waals surface area contributed by atoms with E-state index in [0.29, 0.717) is 0 Å². The van der Waals surface area contributed by atoms with Crippen LogP contribution in [0.3, 0.4) is 0 Å². The number of nitro groups is 1. The molecule has 52 valence electrons. The third kappa shape index (κ3) is 4.48. The number of guanidine groups is 1. The van der Waals surface area contributed by atoms with Crippen LogP contribution in [-0.4, -0.2) is 22.8 Å². The molecule has 4 N–H and O–H groups in total. The van der Waals surface area contributed by atoms with Gasteiger partial charge < -0.3 is 10.8 Å². The molecule has 0 radical (unpaired) electrons. The first-order valence-corrected chi connectivity index (χ1v) is 1.98. The summed E-state index contributed by atoms with van der Waals surface area (Å²) < 4.78 is 0. The number of nitrogens with two attached hydrogens (primary N) is 1. The van der Waals surface area contributed by atoms with Gasteiger partial charge >= 0.3 is 0 Å². The molecule has 0 rings (SSSR count). The largest absolute Gasteiger partial charge is 0.374 e. The molecule has 7 nitrogen and oxygen atoms in total. The molecule has 0 unspecified atom stereocenters. The second kappa shape index (κ2) is 3.61. The Morgan fingerprint density at radius 1 is 2.00 bits per heavy atom. The zero-order chi connectivity index (χ0) is 7.28. The molecule has 0 atom stereocenters. The molecule has 0 spiro atoms. The van der Waals surface area contributed by atoms with Gasteiger partial charge in [-0.1, -0.05) is 5.43 Å². The van der Waals surface area contributed by atoms with Gasteiger partial charge in [0.25, 0.3) is 5.96 Å². The minimum Gasteiger partial charge on any atom is -0.374 e. The van der Waals surface area contributed by atoms with Crippen LogP contribution >= 0.6 is 0 Å². The fraction of sp³-hybridized carbons (Fsp3) is 0.500. The number of hydrogen-bond donors (Lipinski definition) is 3. The Bertz CT molecular complexity index is 132. The highest BCUT2D eigenvalue weighted by Gasteiger charge is 1.95. The molecule has 0 aliphatic carbocycles. The Balaban J connectivity index is 3.62. The van der Waals surface area contributed by atoms with Crippen molar-refractivity contribution in [3.8, 4) is 0 Å². The van der Waals surface area contributed by atoms with Crippen LogP contribution in [0.2, 0.25) is 0 Å². The molecular formula is C2H6N4O3. The second-order valence-corrected chi connectivity index (χ2v) is 1.05. The normalized spacial score (nSPS) is 11.0. The molecule has 9 heavy (non-hydrogen) atoms. The molecule has 0 aromatic carbocycles. The van der Waals surface area contributed by atoms with E-state index >= 15 is 0 Å². The highest BCUT2D eigenvalue weighted by molar-refractivity contribution is 5.76. The summed E-state index contributed by atoms with van der Waals surface area (Å²) in [6.07, 6.45) is 0. The summed E-state index contributed by atoms with van der Waals surface area (Å²) in [5.74, 6) is -0.414. The Kier molecular flexibility index (Phi) is 3.06. The molecule has 0 saturated carbocycles. The summed E-state index contributed by atoms with van der Waals surface area (Å²) in [4.78, 5) is 12.6. The van der Waals surface area contributed by atoms with Crippen LogP contribution in [-0.2, 0) is 0 Å². The first kappa shape index (κ1) is 7.63. The molecule has 7 heteroatoms. The number of nitrogens with one attached hydrogen (secondary N) is 1. The van der Waals surface area contributed by atoms with Crippen LogP contribution in [0.5, 0.6) is 0 Å².